The minimum absolute atomic E-state index is 0.0125. The second kappa shape index (κ2) is 6.08. The highest BCUT2D eigenvalue weighted by atomic mass is 16.2. The Morgan fingerprint density at radius 3 is 2.84 bits per heavy atom. The molecule has 0 spiro atoms. The van der Waals surface area contributed by atoms with Crippen LogP contribution in [0.3, 0.4) is 0 Å². The lowest BCUT2D eigenvalue weighted by Crippen LogP contribution is -2.32. The summed E-state index contributed by atoms with van der Waals surface area (Å²) in [6, 6.07) is 0. The fraction of sp³-hybridized carbons (Fsp3) is 0.714. The summed E-state index contributed by atoms with van der Waals surface area (Å²) < 4.78 is 1.72. The molecule has 0 aromatic carbocycles. The highest BCUT2D eigenvalue weighted by Crippen LogP contribution is 2.22. The maximum absolute atomic E-state index is 12.5. The van der Waals surface area contributed by atoms with Gasteiger partial charge in [0, 0.05) is 25.8 Å². The molecule has 1 atom stereocenters. The van der Waals surface area contributed by atoms with E-state index in [-0.39, 0.29) is 5.91 Å². The number of likely N-dealkylation sites (tertiary alicyclic amines) is 1. The van der Waals surface area contributed by atoms with Crippen molar-refractivity contribution in [2.75, 3.05) is 18.8 Å². The van der Waals surface area contributed by atoms with E-state index in [1.54, 1.807) is 10.9 Å². The summed E-state index contributed by atoms with van der Waals surface area (Å²) in [5.74, 6) is 0.741. The third-order valence-electron chi connectivity index (χ3n) is 4.03. The van der Waals surface area contributed by atoms with Crippen LogP contribution >= 0.6 is 0 Å². The quantitative estimate of drug-likeness (QED) is 0.909. The van der Waals surface area contributed by atoms with E-state index in [1.165, 1.54) is 12.8 Å². The third-order valence-corrected chi connectivity index (χ3v) is 4.03. The summed E-state index contributed by atoms with van der Waals surface area (Å²) in [4.78, 5) is 14.4. The molecule has 0 saturated carbocycles. The zero-order valence-corrected chi connectivity index (χ0v) is 11.9. The molecule has 1 aliphatic rings. The van der Waals surface area contributed by atoms with Gasteiger partial charge >= 0.3 is 0 Å². The van der Waals surface area contributed by atoms with Gasteiger partial charge in [0.25, 0.3) is 5.91 Å². The molecule has 1 saturated heterocycles. The van der Waals surface area contributed by atoms with E-state index in [1.807, 2.05) is 11.8 Å². The lowest BCUT2D eigenvalue weighted by atomic mass is 9.98. The first-order valence-electron chi connectivity index (χ1n) is 7.27. The first kappa shape index (κ1) is 13.9. The third kappa shape index (κ3) is 3.08. The minimum atomic E-state index is -0.0125. The van der Waals surface area contributed by atoms with Crippen molar-refractivity contribution >= 4 is 11.6 Å². The van der Waals surface area contributed by atoms with Crippen molar-refractivity contribution in [3.63, 3.8) is 0 Å². The number of carbonyl (C=O) groups is 1. The first-order valence-corrected chi connectivity index (χ1v) is 7.27. The minimum Gasteiger partial charge on any atom is -0.396 e. The van der Waals surface area contributed by atoms with Gasteiger partial charge in [0.2, 0.25) is 0 Å². The van der Waals surface area contributed by atoms with Gasteiger partial charge in [-0.15, -0.1) is 0 Å². The standard InChI is InChI=1S/C14H24N4O/c1-3-11-6-5-8-17(9-7-11)14(19)13-12(15)10-18(4-2)16-13/h10-11H,3-9,15H2,1-2H3. The van der Waals surface area contributed by atoms with E-state index in [2.05, 4.69) is 12.0 Å². The fourth-order valence-electron chi connectivity index (χ4n) is 2.69. The zero-order valence-electron chi connectivity index (χ0n) is 11.9. The predicted molar refractivity (Wildman–Crippen MR) is 75.8 cm³/mol. The van der Waals surface area contributed by atoms with Crippen molar-refractivity contribution in [1.82, 2.24) is 14.7 Å². The molecule has 1 amide bonds. The molecule has 1 fully saturated rings. The van der Waals surface area contributed by atoms with Gasteiger partial charge in [0.15, 0.2) is 5.69 Å². The number of anilines is 1. The molecule has 0 radical (unpaired) electrons. The average molecular weight is 264 g/mol. The number of hydrogen-bond acceptors (Lipinski definition) is 3. The second-order valence-electron chi connectivity index (χ2n) is 5.29. The number of aromatic nitrogens is 2. The van der Waals surface area contributed by atoms with Gasteiger partial charge < -0.3 is 10.6 Å². The number of carbonyl (C=O) groups excluding carboxylic acids is 1. The Morgan fingerprint density at radius 1 is 1.42 bits per heavy atom. The molecule has 5 heteroatoms. The fourth-order valence-corrected chi connectivity index (χ4v) is 2.69. The van der Waals surface area contributed by atoms with Crippen molar-refractivity contribution in [3.05, 3.63) is 11.9 Å². The summed E-state index contributed by atoms with van der Waals surface area (Å²) in [5.41, 5.74) is 6.79. The molecule has 0 aliphatic carbocycles. The number of hydrogen-bond donors (Lipinski definition) is 1. The number of amides is 1. The van der Waals surface area contributed by atoms with Gasteiger partial charge in [0.1, 0.15) is 0 Å². The maximum Gasteiger partial charge on any atom is 0.276 e. The summed E-state index contributed by atoms with van der Waals surface area (Å²) in [6.07, 6.45) is 6.34. The Hall–Kier alpha value is -1.52. The van der Waals surface area contributed by atoms with Gasteiger partial charge in [-0.2, -0.15) is 5.10 Å². The van der Waals surface area contributed by atoms with Gasteiger partial charge in [-0.3, -0.25) is 9.48 Å². The predicted octanol–water partition coefficient (Wildman–Crippen LogP) is 2.14. The van der Waals surface area contributed by atoms with Crippen LogP contribution in [0, 0.1) is 5.92 Å². The molecule has 0 bridgehead atoms. The number of aryl methyl sites for hydroxylation is 1. The maximum atomic E-state index is 12.5. The van der Waals surface area contributed by atoms with E-state index in [4.69, 9.17) is 5.73 Å². The second-order valence-corrected chi connectivity index (χ2v) is 5.29. The summed E-state index contributed by atoms with van der Waals surface area (Å²) >= 11 is 0. The summed E-state index contributed by atoms with van der Waals surface area (Å²) in [6.45, 7) is 6.60. The van der Waals surface area contributed by atoms with Crippen molar-refractivity contribution in [2.24, 2.45) is 5.92 Å². The average Bonchev–Trinajstić information content (AvgIpc) is 2.64. The SMILES string of the molecule is CCC1CCCN(C(=O)c2nn(CC)cc2N)CC1. The number of nitrogen functional groups attached to an aromatic ring is 1. The lowest BCUT2D eigenvalue weighted by molar-refractivity contribution is 0.0754. The molecule has 1 unspecified atom stereocenters. The topological polar surface area (TPSA) is 64.2 Å². The number of nitrogens with zero attached hydrogens (tertiary/aromatic N) is 3. The zero-order chi connectivity index (χ0) is 13.8. The van der Waals surface area contributed by atoms with Crippen LogP contribution in [0.5, 0.6) is 0 Å². The van der Waals surface area contributed by atoms with Gasteiger partial charge in [-0.05, 0) is 32.1 Å². The Labute approximate surface area is 114 Å². The van der Waals surface area contributed by atoms with Crippen LogP contribution < -0.4 is 5.73 Å². The van der Waals surface area contributed by atoms with Crippen molar-refractivity contribution in [3.8, 4) is 0 Å². The number of rotatable bonds is 3. The molecule has 2 rings (SSSR count). The van der Waals surface area contributed by atoms with Crippen LogP contribution in [0.4, 0.5) is 5.69 Å². The van der Waals surface area contributed by atoms with E-state index in [0.29, 0.717) is 11.4 Å². The molecule has 1 aromatic heterocycles. The lowest BCUT2D eigenvalue weighted by Gasteiger charge is -2.19. The Kier molecular flexibility index (Phi) is 4.45. The largest absolute Gasteiger partial charge is 0.396 e. The van der Waals surface area contributed by atoms with Crippen LogP contribution in [0.25, 0.3) is 0 Å². The molecular weight excluding hydrogens is 240 g/mol. The Balaban J connectivity index is 2.08. The first-order chi connectivity index (χ1) is 9.15. The smallest absolute Gasteiger partial charge is 0.276 e. The van der Waals surface area contributed by atoms with E-state index >= 15 is 0 Å². The van der Waals surface area contributed by atoms with Crippen molar-refractivity contribution in [2.45, 2.75) is 46.1 Å². The van der Waals surface area contributed by atoms with E-state index in [0.717, 1.165) is 38.4 Å². The highest BCUT2D eigenvalue weighted by Gasteiger charge is 2.24. The van der Waals surface area contributed by atoms with E-state index < -0.39 is 0 Å². The summed E-state index contributed by atoms with van der Waals surface area (Å²) in [7, 11) is 0. The summed E-state index contributed by atoms with van der Waals surface area (Å²) in [5, 5.41) is 4.27. The van der Waals surface area contributed by atoms with Crippen LogP contribution in [0.15, 0.2) is 6.20 Å². The Bertz CT molecular complexity index is 441. The molecule has 2 N–H and O–H groups in total. The highest BCUT2D eigenvalue weighted by molar-refractivity contribution is 5.97. The molecule has 106 valence electrons. The van der Waals surface area contributed by atoms with Crippen LogP contribution in [-0.4, -0.2) is 33.7 Å². The molecule has 1 aliphatic heterocycles. The molecule has 19 heavy (non-hydrogen) atoms. The molecule has 1 aromatic rings. The normalized spacial score (nSPS) is 20.3. The van der Waals surface area contributed by atoms with Gasteiger partial charge in [-0.25, -0.2) is 0 Å². The van der Waals surface area contributed by atoms with Gasteiger partial charge in [-0.1, -0.05) is 13.3 Å². The van der Waals surface area contributed by atoms with Crippen molar-refractivity contribution < 1.29 is 4.79 Å². The molecule has 5 nitrogen and oxygen atoms in total. The molecule has 2 heterocycles. The van der Waals surface area contributed by atoms with Crippen LogP contribution in [-0.2, 0) is 6.54 Å². The van der Waals surface area contributed by atoms with Crippen LogP contribution in [0.2, 0.25) is 0 Å². The van der Waals surface area contributed by atoms with Crippen molar-refractivity contribution in [1.29, 1.82) is 0 Å². The number of nitrogens with two attached hydrogens (primary N) is 1. The van der Waals surface area contributed by atoms with Gasteiger partial charge in [0.05, 0.1) is 5.69 Å². The molecular formula is C14H24N4O. The monoisotopic (exact) mass is 264 g/mol. The van der Waals surface area contributed by atoms with Crippen LogP contribution in [0.1, 0.15) is 50.0 Å². The van der Waals surface area contributed by atoms with E-state index in [9.17, 15) is 4.79 Å². The Morgan fingerprint density at radius 2 is 2.21 bits per heavy atom.